The number of urea groups is 1. The number of hydrogen-bond donors (Lipinski definition) is 3. The quantitative estimate of drug-likeness (QED) is 0.517. The van der Waals surface area contributed by atoms with Gasteiger partial charge in [0, 0.05) is 38.9 Å². The van der Waals surface area contributed by atoms with Gasteiger partial charge < -0.3 is 20.9 Å². The smallest absolute Gasteiger partial charge is 0.321 e. The molecule has 0 aromatic heterocycles. The molecule has 1 saturated heterocycles. The van der Waals surface area contributed by atoms with Crippen molar-refractivity contribution in [3.05, 3.63) is 65.2 Å². The van der Waals surface area contributed by atoms with Crippen molar-refractivity contribution >= 4 is 17.7 Å². The third-order valence-corrected chi connectivity index (χ3v) is 5.20. The van der Waals surface area contributed by atoms with Gasteiger partial charge in [0.25, 0.3) is 0 Å². The molecule has 2 aromatic carbocycles. The van der Waals surface area contributed by atoms with Crippen LogP contribution in [0.5, 0.6) is 0 Å². The lowest BCUT2D eigenvalue weighted by molar-refractivity contribution is 0.222. The zero-order valence-electron chi connectivity index (χ0n) is 17.4. The summed E-state index contributed by atoms with van der Waals surface area (Å²) in [6.07, 6.45) is 3.19. The van der Waals surface area contributed by atoms with Crippen LogP contribution < -0.4 is 16.0 Å². The first-order chi connectivity index (χ1) is 14.2. The minimum atomic E-state index is -0.0142. The first kappa shape index (κ1) is 20.7. The highest BCUT2D eigenvalue weighted by molar-refractivity contribution is 5.89. The summed E-state index contributed by atoms with van der Waals surface area (Å²) in [5.41, 5.74) is 4.53. The van der Waals surface area contributed by atoms with Crippen LogP contribution in [-0.4, -0.2) is 37.0 Å². The number of anilines is 1. The van der Waals surface area contributed by atoms with E-state index in [0.717, 1.165) is 56.1 Å². The van der Waals surface area contributed by atoms with Crippen LogP contribution in [0.1, 0.15) is 36.5 Å². The van der Waals surface area contributed by atoms with E-state index >= 15 is 0 Å². The summed E-state index contributed by atoms with van der Waals surface area (Å²) >= 11 is 0. The number of aryl methyl sites for hydroxylation is 1. The molecule has 2 aromatic rings. The van der Waals surface area contributed by atoms with Crippen molar-refractivity contribution in [2.45, 2.75) is 39.3 Å². The molecule has 0 spiro atoms. The number of rotatable bonds is 6. The van der Waals surface area contributed by atoms with E-state index in [-0.39, 0.29) is 6.03 Å². The summed E-state index contributed by atoms with van der Waals surface area (Å²) in [5.74, 6) is 0.752. The maximum atomic E-state index is 12.3. The summed E-state index contributed by atoms with van der Waals surface area (Å²) < 4.78 is 0. The number of carbonyl (C=O) groups excluding carboxylic acids is 1. The van der Waals surface area contributed by atoms with Crippen LogP contribution in [0.15, 0.2) is 53.5 Å². The maximum Gasteiger partial charge on any atom is 0.321 e. The molecule has 0 radical (unpaired) electrons. The molecule has 6 nitrogen and oxygen atoms in total. The van der Waals surface area contributed by atoms with Crippen LogP contribution in [0.3, 0.4) is 0 Å². The Bertz CT molecular complexity index is 843. The molecule has 0 saturated carbocycles. The summed E-state index contributed by atoms with van der Waals surface area (Å²) in [4.78, 5) is 18.5. The average Bonchev–Trinajstić information content (AvgIpc) is 3.29. The second kappa shape index (κ2) is 10.5. The number of nitrogens with one attached hydrogen (secondary N) is 3. The van der Waals surface area contributed by atoms with Crippen LogP contribution in [-0.2, 0) is 19.5 Å². The van der Waals surface area contributed by atoms with Gasteiger partial charge >= 0.3 is 6.03 Å². The first-order valence-corrected chi connectivity index (χ1v) is 10.4. The second-order valence-electron chi connectivity index (χ2n) is 7.23. The summed E-state index contributed by atoms with van der Waals surface area (Å²) in [6, 6.07) is 16.4. The van der Waals surface area contributed by atoms with E-state index in [2.05, 4.69) is 52.1 Å². The summed E-state index contributed by atoms with van der Waals surface area (Å²) in [7, 11) is 1.77. The van der Waals surface area contributed by atoms with Crippen molar-refractivity contribution in [2.24, 2.45) is 4.99 Å². The lowest BCUT2D eigenvalue weighted by Crippen LogP contribution is -2.36. The van der Waals surface area contributed by atoms with Crippen LogP contribution in [0, 0.1) is 0 Å². The topological polar surface area (TPSA) is 68.8 Å². The monoisotopic (exact) mass is 393 g/mol. The minimum Gasteiger partial charge on any atom is -0.352 e. The Morgan fingerprint density at radius 2 is 1.72 bits per heavy atom. The molecule has 3 N–H and O–H groups in total. The third kappa shape index (κ3) is 5.98. The van der Waals surface area contributed by atoms with Gasteiger partial charge in [-0.3, -0.25) is 4.99 Å². The van der Waals surface area contributed by atoms with Crippen LogP contribution in [0.4, 0.5) is 10.5 Å². The zero-order valence-corrected chi connectivity index (χ0v) is 17.4. The third-order valence-electron chi connectivity index (χ3n) is 5.20. The molecule has 2 amide bonds. The van der Waals surface area contributed by atoms with Crippen LogP contribution in [0.25, 0.3) is 0 Å². The fourth-order valence-corrected chi connectivity index (χ4v) is 3.54. The molecular formula is C23H31N5O. The number of hydrogen-bond acceptors (Lipinski definition) is 2. The molecule has 1 fully saturated rings. The Balaban J connectivity index is 1.52. The van der Waals surface area contributed by atoms with E-state index in [0.29, 0.717) is 6.54 Å². The Morgan fingerprint density at radius 1 is 1.00 bits per heavy atom. The number of aliphatic imine (C=N–C) groups is 1. The molecule has 1 aliphatic heterocycles. The van der Waals surface area contributed by atoms with Crippen molar-refractivity contribution in [1.82, 2.24) is 15.5 Å². The molecule has 3 rings (SSSR count). The van der Waals surface area contributed by atoms with E-state index in [4.69, 9.17) is 0 Å². The number of likely N-dealkylation sites (tertiary alicyclic amines) is 1. The molecule has 0 aliphatic carbocycles. The first-order valence-electron chi connectivity index (χ1n) is 10.4. The number of amides is 2. The van der Waals surface area contributed by atoms with Gasteiger partial charge in [-0.25, -0.2) is 4.79 Å². The highest BCUT2D eigenvalue weighted by atomic mass is 16.2. The van der Waals surface area contributed by atoms with Crippen LogP contribution in [0.2, 0.25) is 0 Å². The van der Waals surface area contributed by atoms with Crippen molar-refractivity contribution in [3.63, 3.8) is 0 Å². The van der Waals surface area contributed by atoms with Crippen molar-refractivity contribution in [2.75, 3.05) is 25.5 Å². The molecule has 0 unspecified atom stereocenters. The zero-order chi connectivity index (χ0) is 20.5. The van der Waals surface area contributed by atoms with E-state index < -0.39 is 0 Å². The highest BCUT2D eigenvalue weighted by Crippen LogP contribution is 2.14. The van der Waals surface area contributed by atoms with Gasteiger partial charge in [-0.2, -0.15) is 0 Å². The molecule has 0 bridgehead atoms. The van der Waals surface area contributed by atoms with Crippen molar-refractivity contribution in [3.8, 4) is 0 Å². The Hall–Kier alpha value is -3.02. The largest absolute Gasteiger partial charge is 0.352 e. The lowest BCUT2D eigenvalue weighted by atomic mass is 10.1. The predicted octanol–water partition coefficient (Wildman–Crippen LogP) is 3.74. The second-order valence-corrected chi connectivity index (χ2v) is 7.23. The van der Waals surface area contributed by atoms with Gasteiger partial charge in [0.05, 0.1) is 0 Å². The van der Waals surface area contributed by atoms with E-state index in [1.54, 1.807) is 7.05 Å². The van der Waals surface area contributed by atoms with E-state index in [9.17, 15) is 4.79 Å². The predicted molar refractivity (Wildman–Crippen MR) is 119 cm³/mol. The lowest BCUT2D eigenvalue weighted by Gasteiger charge is -2.17. The minimum absolute atomic E-state index is 0.0142. The standard InChI is InChI=1S/C23H31N5O/c1-3-19-10-4-5-11-20(19)17-26-22(24-2)25-16-18-9-8-12-21(15-18)27-23(29)28-13-6-7-14-28/h4-5,8-12,15H,3,6-7,13-14,16-17H2,1-2H3,(H,27,29)(H2,24,25,26). The van der Waals surface area contributed by atoms with E-state index in [1.807, 2.05) is 29.2 Å². The molecular weight excluding hydrogens is 362 g/mol. The SMILES string of the molecule is CCc1ccccc1CNC(=NC)NCc1cccc(NC(=O)N2CCCC2)c1. The normalized spacial score (nSPS) is 14.0. The number of benzene rings is 2. The Kier molecular flexibility index (Phi) is 7.50. The summed E-state index contributed by atoms with van der Waals surface area (Å²) in [5, 5.41) is 9.72. The van der Waals surface area contributed by atoms with Gasteiger partial charge in [-0.1, -0.05) is 43.3 Å². The fraction of sp³-hybridized carbons (Fsp3) is 0.391. The maximum absolute atomic E-state index is 12.3. The Morgan fingerprint density at radius 3 is 2.45 bits per heavy atom. The molecule has 6 heteroatoms. The molecule has 0 atom stereocenters. The summed E-state index contributed by atoms with van der Waals surface area (Å²) in [6.45, 7) is 5.21. The van der Waals surface area contributed by atoms with E-state index in [1.165, 1.54) is 11.1 Å². The number of guanidine groups is 1. The highest BCUT2D eigenvalue weighted by Gasteiger charge is 2.17. The molecule has 154 valence electrons. The van der Waals surface area contributed by atoms with Gasteiger partial charge in [0.1, 0.15) is 0 Å². The van der Waals surface area contributed by atoms with Gasteiger partial charge in [0.15, 0.2) is 5.96 Å². The fourth-order valence-electron chi connectivity index (χ4n) is 3.54. The number of carbonyl (C=O) groups is 1. The molecule has 1 heterocycles. The van der Waals surface area contributed by atoms with Crippen molar-refractivity contribution < 1.29 is 4.79 Å². The average molecular weight is 394 g/mol. The Labute approximate surface area is 173 Å². The van der Waals surface area contributed by atoms with Crippen molar-refractivity contribution in [1.29, 1.82) is 0 Å². The molecule has 29 heavy (non-hydrogen) atoms. The van der Waals surface area contributed by atoms with Gasteiger partial charge in [-0.15, -0.1) is 0 Å². The van der Waals surface area contributed by atoms with Gasteiger partial charge in [0.2, 0.25) is 0 Å². The van der Waals surface area contributed by atoms with Gasteiger partial charge in [-0.05, 0) is 48.1 Å². The molecule has 1 aliphatic rings. The number of nitrogens with zero attached hydrogens (tertiary/aromatic N) is 2. The van der Waals surface area contributed by atoms with Crippen LogP contribution >= 0.6 is 0 Å².